The van der Waals surface area contributed by atoms with Crippen LogP contribution in [0.4, 0.5) is 0 Å². The maximum atomic E-state index is 6.57. The van der Waals surface area contributed by atoms with Crippen LogP contribution >= 0.6 is 11.6 Å². The molecular formula is C18H11Cl. The average Bonchev–Trinajstić information content (AvgIpc) is 2.46. The van der Waals surface area contributed by atoms with Crippen LogP contribution in [0, 0.1) is 0 Å². The molecule has 0 fully saturated rings. The average molecular weight is 263 g/mol. The summed E-state index contributed by atoms with van der Waals surface area (Å²) in [6.07, 6.45) is 0. The third-order valence-corrected chi connectivity index (χ3v) is 4.07. The standard InChI is InChI=1S/C18H11Cl/c19-18-16-8-4-3-7-14(16)10-15-9-12-5-1-2-6-13(12)11-17(15)18/h1-11H. The molecular weight excluding hydrogens is 252 g/mol. The van der Waals surface area contributed by atoms with Gasteiger partial charge in [0.25, 0.3) is 0 Å². The van der Waals surface area contributed by atoms with Crippen LogP contribution in [-0.4, -0.2) is 0 Å². The summed E-state index contributed by atoms with van der Waals surface area (Å²) in [6, 6.07) is 23.2. The lowest BCUT2D eigenvalue weighted by Gasteiger charge is -2.07. The molecule has 0 amide bonds. The fourth-order valence-electron chi connectivity index (χ4n) is 2.70. The van der Waals surface area contributed by atoms with Gasteiger partial charge in [-0.25, -0.2) is 0 Å². The summed E-state index contributed by atoms with van der Waals surface area (Å²) in [7, 11) is 0. The maximum Gasteiger partial charge on any atom is 0.0562 e. The van der Waals surface area contributed by atoms with Gasteiger partial charge in [0.05, 0.1) is 5.02 Å². The number of hydrogen-bond donors (Lipinski definition) is 0. The number of hydrogen-bond acceptors (Lipinski definition) is 0. The zero-order chi connectivity index (χ0) is 12.8. The molecule has 4 aromatic carbocycles. The van der Waals surface area contributed by atoms with Crippen LogP contribution in [0.3, 0.4) is 0 Å². The van der Waals surface area contributed by atoms with Gasteiger partial charge in [-0.15, -0.1) is 0 Å². The number of halogens is 1. The monoisotopic (exact) mass is 262 g/mol. The minimum Gasteiger partial charge on any atom is -0.0830 e. The molecule has 0 aromatic heterocycles. The minimum absolute atomic E-state index is 0.846. The Kier molecular flexibility index (Phi) is 2.27. The van der Waals surface area contributed by atoms with Crippen LogP contribution in [0.15, 0.2) is 66.7 Å². The van der Waals surface area contributed by atoms with E-state index in [1.165, 1.54) is 21.5 Å². The lowest BCUT2D eigenvalue weighted by molar-refractivity contribution is 1.77. The summed E-state index contributed by atoms with van der Waals surface area (Å²) < 4.78 is 0. The lowest BCUT2D eigenvalue weighted by Crippen LogP contribution is -1.80. The van der Waals surface area contributed by atoms with Crippen LogP contribution in [0.2, 0.25) is 5.02 Å². The van der Waals surface area contributed by atoms with Crippen LogP contribution in [0.1, 0.15) is 0 Å². The van der Waals surface area contributed by atoms with Crippen molar-refractivity contribution in [3.8, 4) is 0 Å². The van der Waals surface area contributed by atoms with Gasteiger partial charge >= 0.3 is 0 Å². The SMILES string of the molecule is Clc1c2ccccc2cc2cc3ccccc3cc12. The third kappa shape index (κ3) is 1.61. The zero-order valence-electron chi connectivity index (χ0n) is 10.2. The largest absolute Gasteiger partial charge is 0.0830 e. The maximum absolute atomic E-state index is 6.57. The highest BCUT2D eigenvalue weighted by Crippen LogP contribution is 2.34. The Hall–Kier alpha value is -2.05. The third-order valence-electron chi connectivity index (χ3n) is 3.66. The second-order valence-electron chi connectivity index (χ2n) is 4.83. The second kappa shape index (κ2) is 3.97. The van der Waals surface area contributed by atoms with E-state index in [-0.39, 0.29) is 0 Å². The van der Waals surface area contributed by atoms with E-state index in [0.717, 1.165) is 15.8 Å². The molecule has 0 radical (unpaired) electrons. The van der Waals surface area contributed by atoms with Gasteiger partial charge in [0, 0.05) is 10.8 Å². The number of rotatable bonds is 0. The van der Waals surface area contributed by atoms with Crippen molar-refractivity contribution >= 4 is 43.9 Å². The van der Waals surface area contributed by atoms with Crippen molar-refractivity contribution in [1.29, 1.82) is 0 Å². The Balaban J connectivity index is 2.25. The highest BCUT2D eigenvalue weighted by atomic mass is 35.5. The Morgan fingerprint density at radius 1 is 0.526 bits per heavy atom. The van der Waals surface area contributed by atoms with Crippen molar-refractivity contribution in [2.75, 3.05) is 0 Å². The normalized spacial score (nSPS) is 11.4. The molecule has 0 aliphatic heterocycles. The topological polar surface area (TPSA) is 0 Å². The summed E-state index contributed by atoms with van der Waals surface area (Å²) in [5.41, 5.74) is 0. The van der Waals surface area contributed by atoms with E-state index in [0.29, 0.717) is 0 Å². The molecule has 1 heteroatoms. The van der Waals surface area contributed by atoms with Crippen molar-refractivity contribution in [2.24, 2.45) is 0 Å². The quantitative estimate of drug-likeness (QED) is 0.351. The van der Waals surface area contributed by atoms with Gasteiger partial charge in [0.2, 0.25) is 0 Å². The predicted octanol–water partition coefficient (Wildman–Crippen LogP) is 5.80. The van der Waals surface area contributed by atoms with E-state index in [9.17, 15) is 0 Å². The fraction of sp³-hybridized carbons (Fsp3) is 0. The van der Waals surface area contributed by atoms with Gasteiger partial charge in [-0.05, 0) is 39.7 Å². The Labute approximate surface area is 116 Å². The van der Waals surface area contributed by atoms with E-state index in [1.807, 2.05) is 12.1 Å². The van der Waals surface area contributed by atoms with Gasteiger partial charge in [-0.2, -0.15) is 0 Å². The molecule has 0 nitrogen and oxygen atoms in total. The second-order valence-corrected chi connectivity index (χ2v) is 5.21. The van der Waals surface area contributed by atoms with Crippen molar-refractivity contribution in [2.45, 2.75) is 0 Å². The van der Waals surface area contributed by atoms with Crippen molar-refractivity contribution in [3.05, 3.63) is 71.8 Å². The fourth-order valence-corrected chi connectivity index (χ4v) is 3.04. The molecule has 0 heterocycles. The van der Waals surface area contributed by atoms with E-state index < -0.39 is 0 Å². The number of benzene rings is 4. The first kappa shape index (κ1) is 10.8. The lowest BCUT2D eigenvalue weighted by atomic mass is 10.00. The molecule has 19 heavy (non-hydrogen) atoms. The van der Waals surface area contributed by atoms with Crippen molar-refractivity contribution in [1.82, 2.24) is 0 Å². The van der Waals surface area contributed by atoms with Crippen molar-refractivity contribution in [3.63, 3.8) is 0 Å². The number of fused-ring (bicyclic) bond motifs is 3. The van der Waals surface area contributed by atoms with Crippen LogP contribution in [-0.2, 0) is 0 Å². The molecule has 0 atom stereocenters. The molecule has 0 spiro atoms. The zero-order valence-corrected chi connectivity index (χ0v) is 11.0. The van der Waals surface area contributed by atoms with Gasteiger partial charge in [0.15, 0.2) is 0 Å². The summed E-state index contributed by atoms with van der Waals surface area (Å²) >= 11 is 6.57. The smallest absolute Gasteiger partial charge is 0.0562 e. The summed E-state index contributed by atoms with van der Waals surface area (Å²) in [6.45, 7) is 0. The molecule has 0 bridgehead atoms. The summed E-state index contributed by atoms with van der Waals surface area (Å²) in [5, 5.41) is 7.95. The van der Waals surface area contributed by atoms with Gasteiger partial charge < -0.3 is 0 Å². The van der Waals surface area contributed by atoms with E-state index >= 15 is 0 Å². The van der Waals surface area contributed by atoms with Crippen LogP contribution in [0.25, 0.3) is 32.3 Å². The summed E-state index contributed by atoms with van der Waals surface area (Å²) in [4.78, 5) is 0. The molecule has 0 saturated heterocycles. The molecule has 4 rings (SSSR count). The molecule has 90 valence electrons. The van der Waals surface area contributed by atoms with Gasteiger partial charge in [-0.3, -0.25) is 0 Å². The Bertz CT molecular complexity index is 917. The van der Waals surface area contributed by atoms with Gasteiger partial charge in [-0.1, -0.05) is 60.1 Å². The Morgan fingerprint density at radius 2 is 1.11 bits per heavy atom. The summed E-state index contributed by atoms with van der Waals surface area (Å²) in [5.74, 6) is 0. The molecule has 0 aliphatic rings. The van der Waals surface area contributed by atoms with Crippen LogP contribution in [0.5, 0.6) is 0 Å². The predicted molar refractivity (Wildman–Crippen MR) is 84.0 cm³/mol. The van der Waals surface area contributed by atoms with E-state index in [4.69, 9.17) is 11.6 Å². The molecule has 0 saturated carbocycles. The molecule has 0 N–H and O–H groups in total. The first-order valence-electron chi connectivity index (χ1n) is 6.33. The Morgan fingerprint density at radius 3 is 1.89 bits per heavy atom. The van der Waals surface area contributed by atoms with E-state index in [1.54, 1.807) is 0 Å². The van der Waals surface area contributed by atoms with Crippen molar-refractivity contribution < 1.29 is 0 Å². The molecule has 0 unspecified atom stereocenters. The van der Waals surface area contributed by atoms with E-state index in [2.05, 4.69) is 54.6 Å². The van der Waals surface area contributed by atoms with Gasteiger partial charge in [0.1, 0.15) is 0 Å². The van der Waals surface area contributed by atoms with Crippen LogP contribution < -0.4 is 0 Å². The molecule has 0 aliphatic carbocycles. The first-order chi connectivity index (χ1) is 9.33. The first-order valence-corrected chi connectivity index (χ1v) is 6.70. The highest BCUT2D eigenvalue weighted by Gasteiger charge is 2.06. The highest BCUT2D eigenvalue weighted by molar-refractivity contribution is 6.41. The minimum atomic E-state index is 0.846. The molecule has 4 aromatic rings.